The number of carbonyl (C=O) groups is 2. The smallest absolute Gasteiger partial charge is 0.305 e. The second-order valence-electron chi connectivity index (χ2n) is 9.67. The van der Waals surface area contributed by atoms with Crippen molar-refractivity contribution in [3.63, 3.8) is 0 Å². The van der Waals surface area contributed by atoms with Gasteiger partial charge in [-0.25, -0.2) is 12.8 Å². The number of rotatable bonds is 9. The number of para-hydroxylation sites is 1. The van der Waals surface area contributed by atoms with Gasteiger partial charge in [0.25, 0.3) is 10.0 Å². The summed E-state index contributed by atoms with van der Waals surface area (Å²) in [6.45, 7) is 0. The van der Waals surface area contributed by atoms with Crippen LogP contribution in [-0.4, -0.2) is 37.5 Å². The molecule has 1 heterocycles. The molecule has 9 heteroatoms. The third-order valence-corrected chi connectivity index (χ3v) is 8.75. The molecule has 4 aromatic rings. The van der Waals surface area contributed by atoms with Gasteiger partial charge in [0.2, 0.25) is 5.91 Å². The number of benzene rings is 4. The zero-order chi connectivity index (χ0) is 28.3. The number of carboxylic acids is 1. The van der Waals surface area contributed by atoms with E-state index in [1.165, 1.54) is 24.3 Å². The minimum Gasteiger partial charge on any atom is -0.481 e. The summed E-state index contributed by atoms with van der Waals surface area (Å²) in [7, 11) is -4.17. The van der Waals surface area contributed by atoms with E-state index >= 15 is 0 Å². The molecule has 40 heavy (non-hydrogen) atoms. The Balaban J connectivity index is 1.44. The van der Waals surface area contributed by atoms with Crippen LogP contribution in [0.4, 0.5) is 10.1 Å². The molecule has 0 bridgehead atoms. The minimum absolute atomic E-state index is 0.000707. The maximum atomic E-state index is 14.0. The molecule has 2 atom stereocenters. The topological polar surface area (TPSA) is 104 Å². The van der Waals surface area contributed by atoms with Gasteiger partial charge in [-0.1, -0.05) is 72.8 Å². The molecule has 204 valence electrons. The minimum atomic E-state index is -4.17. The molecular formula is C31H27FN2O5S. The van der Waals surface area contributed by atoms with Gasteiger partial charge < -0.3 is 10.4 Å². The fraction of sp³-hybridized carbons (Fsp3) is 0.161. The van der Waals surface area contributed by atoms with Crippen molar-refractivity contribution in [2.24, 2.45) is 0 Å². The molecule has 0 aliphatic carbocycles. The zero-order valence-electron chi connectivity index (χ0n) is 21.4. The van der Waals surface area contributed by atoms with Gasteiger partial charge in [0, 0.05) is 12.5 Å². The van der Waals surface area contributed by atoms with Crippen LogP contribution in [0.1, 0.15) is 17.5 Å². The number of carboxylic acid groups (broad SMARTS) is 1. The lowest BCUT2D eigenvalue weighted by Gasteiger charge is -2.28. The van der Waals surface area contributed by atoms with E-state index in [0.717, 1.165) is 15.4 Å². The Kier molecular flexibility index (Phi) is 7.66. The van der Waals surface area contributed by atoms with Gasteiger partial charge >= 0.3 is 5.97 Å². The normalized spacial score (nSPS) is 15.3. The third-order valence-electron chi connectivity index (χ3n) is 6.91. The van der Waals surface area contributed by atoms with Crippen LogP contribution < -0.4 is 9.62 Å². The molecule has 0 fully saturated rings. The third kappa shape index (κ3) is 5.74. The quantitative estimate of drug-likeness (QED) is 0.307. The average molecular weight is 559 g/mol. The molecule has 4 aromatic carbocycles. The highest BCUT2D eigenvalue weighted by atomic mass is 32.2. The van der Waals surface area contributed by atoms with Crippen LogP contribution in [0.2, 0.25) is 0 Å². The summed E-state index contributed by atoms with van der Waals surface area (Å²) < 4.78 is 42.4. The fourth-order valence-corrected chi connectivity index (χ4v) is 6.66. The molecule has 7 nitrogen and oxygen atoms in total. The van der Waals surface area contributed by atoms with Gasteiger partial charge in [-0.05, 0) is 59.0 Å². The molecule has 1 aliphatic rings. The number of nitrogens with one attached hydrogen (secondary N) is 1. The molecule has 5 rings (SSSR count). The van der Waals surface area contributed by atoms with Crippen molar-refractivity contribution in [3.8, 4) is 11.1 Å². The van der Waals surface area contributed by atoms with E-state index < -0.39 is 34.0 Å². The molecule has 1 amide bonds. The highest BCUT2D eigenvalue weighted by Crippen LogP contribution is 2.37. The SMILES string of the molecule is O=C(O)C[C@H](Cc1ccccc1)NC(=O)[C@@H]1Cc2ccccc2N1S(=O)(=O)c1ccc(-c2ccc(F)cc2)cc1. The van der Waals surface area contributed by atoms with Crippen LogP contribution in [0.5, 0.6) is 0 Å². The number of hydrogen-bond donors (Lipinski definition) is 2. The predicted molar refractivity (Wildman–Crippen MR) is 150 cm³/mol. The Hall–Kier alpha value is -4.50. The average Bonchev–Trinajstić information content (AvgIpc) is 3.35. The first-order chi connectivity index (χ1) is 19.2. The Morgan fingerprint density at radius 3 is 2.12 bits per heavy atom. The van der Waals surface area contributed by atoms with E-state index in [9.17, 15) is 27.5 Å². The van der Waals surface area contributed by atoms with E-state index in [0.29, 0.717) is 16.8 Å². The molecule has 0 unspecified atom stereocenters. The van der Waals surface area contributed by atoms with Gasteiger partial charge in [0.1, 0.15) is 11.9 Å². The second kappa shape index (κ2) is 11.3. The van der Waals surface area contributed by atoms with E-state index in [-0.39, 0.29) is 30.0 Å². The van der Waals surface area contributed by atoms with Crippen molar-refractivity contribution in [2.45, 2.75) is 36.2 Å². The van der Waals surface area contributed by atoms with Crippen LogP contribution >= 0.6 is 0 Å². The van der Waals surface area contributed by atoms with E-state index in [2.05, 4.69) is 5.32 Å². The first kappa shape index (κ1) is 27.1. The summed E-state index contributed by atoms with van der Waals surface area (Å²) >= 11 is 0. The summed E-state index contributed by atoms with van der Waals surface area (Å²) in [6.07, 6.45) is 0.133. The summed E-state index contributed by atoms with van der Waals surface area (Å²) in [5.41, 5.74) is 3.41. The number of aliphatic carboxylic acids is 1. The number of carbonyl (C=O) groups excluding carboxylic acids is 1. The Morgan fingerprint density at radius 2 is 1.48 bits per heavy atom. The standard InChI is InChI=1S/C31H27FN2O5S/c32-25-14-10-22(11-15-25)23-12-16-27(17-13-23)40(38,39)34-28-9-5-4-8-24(28)19-29(34)31(37)33-26(20-30(35)36)18-21-6-2-1-3-7-21/h1-17,26,29H,18-20H2,(H,33,37)(H,35,36)/t26-,29-/m0/s1. The van der Waals surface area contributed by atoms with Crippen molar-refractivity contribution < 1.29 is 27.5 Å². The lowest BCUT2D eigenvalue weighted by molar-refractivity contribution is -0.137. The number of anilines is 1. The maximum Gasteiger partial charge on any atom is 0.305 e. The van der Waals surface area contributed by atoms with Crippen molar-refractivity contribution in [1.29, 1.82) is 0 Å². The number of hydrogen-bond acceptors (Lipinski definition) is 4. The van der Waals surface area contributed by atoms with E-state index in [1.54, 1.807) is 48.5 Å². The number of nitrogens with zero attached hydrogens (tertiary/aromatic N) is 1. The van der Waals surface area contributed by atoms with E-state index in [1.807, 2.05) is 30.3 Å². The highest BCUT2D eigenvalue weighted by molar-refractivity contribution is 7.93. The van der Waals surface area contributed by atoms with Gasteiger partial charge in [0.15, 0.2) is 0 Å². The lowest BCUT2D eigenvalue weighted by atomic mass is 10.0. The summed E-state index contributed by atoms with van der Waals surface area (Å²) in [5, 5.41) is 12.3. The number of halogens is 1. The van der Waals surface area contributed by atoms with Crippen LogP contribution in [0.3, 0.4) is 0 Å². The summed E-state index contributed by atoms with van der Waals surface area (Å²) in [5.74, 6) is -2.00. The molecule has 0 spiro atoms. The van der Waals surface area contributed by atoms with Crippen molar-refractivity contribution >= 4 is 27.6 Å². The zero-order valence-corrected chi connectivity index (χ0v) is 22.2. The second-order valence-corrected chi connectivity index (χ2v) is 11.5. The Morgan fingerprint density at radius 1 is 0.875 bits per heavy atom. The number of fused-ring (bicyclic) bond motifs is 1. The number of amides is 1. The molecule has 1 aliphatic heterocycles. The van der Waals surface area contributed by atoms with Crippen molar-refractivity contribution in [2.75, 3.05) is 4.31 Å². The molecule has 0 saturated heterocycles. The summed E-state index contributed by atoms with van der Waals surface area (Å²) in [6, 6.07) is 26.4. The number of sulfonamides is 1. The molecule has 0 saturated carbocycles. The van der Waals surface area contributed by atoms with Gasteiger partial charge in [-0.3, -0.25) is 13.9 Å². The first-order valence-electron chi connectivity index (χ1n) is 12.8. The van der Waals surface area contributed by atoms with Gasteiger partial charge in [0.05, 0.1) is 17.0 Å². The predicted octanol–water partition coefficient (Wildman–Crippen LogP) is 4.81. The Bertz CT molecular complexity index is 1620. The van der Waals surface area contributed by atoms with E-state index in [4.69, 9.17) is 0 Å². The fourth-order valence-electron chi connectivity index (χ4n) is 5.01. The lowest BCUT2D eigenvalue weighted by Crippen LogP contribution is -2.51. The molecule has 0 aromatic heterocycles. The van der Waals surface area contributed by atoms with Crippen LogP contribution in [0.25, 0.3) is 11.1 Å². The van der Waals surface area contributed by atoms with Crippen molar-refractivity contribution in [3.05, 3.63) is 120 Å². The maximum absolute atomic E-state index is 14.0. The van der Waals surface area contributed by atoms with Crippen LogP contribution in [0, 0.1) is 5.82 Å². The molecule has 0 radical (unpaired) electrons. The van der Waals surface area contributed by atoms with Crippen molar-refractivity contribution in [1.82, 2.24) is 5.32 Å². The highest BCUT2D eigenvalue weighted by Gasteiger charge is 2.42. The first-order valence-corrected chi connectivity index (χ1v) is 14.2. The van der Waals surface area contributed by atoms with Gasteiger partial charge in [-0.2, -0.15) is 0 Å². The monoisotopic (exact) mass is 558 g/mol. The van der Waals surface area contributed by atoms with Gasteiger partial charge in [-0.15, -0.1) is 0 Å². The summed E-state index contributed by atoms with van der Waals surface area (Å²) in [4.78, 5) is 25.2. The van der Waals surface area contributed by atoms with Crippen LogP contribution in [0.15, 0.2) is 108 Å². The molecule has 2 N–H and O–H groups in total. The largest absolute Gasteiger partial charge is 0.481 e. The van der Waals surface area contributed by atoms with Crippen LogP contribution in [-0.2, 0) is 32.5 Å². The molecular weight excluding hydrogens is 531 g/mol. The Labute approximate surface area is 232 Å².